The molecule has 1 unspecified atom stereocenters. The van der Waals surface area contributed by atoms with Gasteiger partial charge in [0.1, 0.15) is 21.8 Å². The Bertz CT molecular complexity index is 775. The molecule has 8 heteroatoms. The Balaban J connectivity index is 1.81. The number of aryl methyl sites for hydroxylation is 1. The molecule has 2 N–H and O–H groups in total. The smallest absolute Gasteiger partial charge is 0.339 e. The molecule has 0 saturated carbocycles. The molecule has 0 radical (unpaired) electrons. The number of hydrogen-bond acceptors (Lipinski definition) is 6. The Morgan fingerprint density at radius 2 is 2.29 bits per heavy atom. The highest BCUT2D eigenvalue weighted by atomic mass is 32.1. The van der Waals surface area contributed by atoms with Crippen molar-refractivity contribution in [2.45, 2.75) is 39.2 Å². The quantitative estimate of drug-likeness (QED) is 0.838. The first kappa shape index (κ1) is 17.1. The van der Waals surface area contributed by atoms with E-state index in [2.05, 4.69) is 10.3 Å². The van der Waals surface area contributed by atoms with Gasteiger partial charge in [0.25, 0.3) is 5.91 Å². The maximum absolute atomic E-state index is 12.4. The van der Waals surface area contributed by atoms with E-state index >= 15 is 0 Å². The molecule has 1 amide bonds. The van der Waals surface area contributed by atoms with Gasteiger partial charge in [0, 0.05) is 16.9 Å². The Morgan fingerprint density at radius 3 is 2.92 bits per heavy atom. The number of carboxylic acids is 1. The zero-order valence-electron chi connectivity index (χ0n) is 13.4. The zero-order valence-corrected chi connectivity index (χ0v) is 15.1. The number of nitrogens with zero attached hydrogens (tertiary/aromatic N) is 1. The Labute approximate surface area is 147 Å². The molecule has 1 aliphatic rings. The topological polar surface area (TPSA) is 88.5 Å². The average molecular weight is 366 g/mol. The number of aromatic carboxylic acids is 1. The molecule has 1 aliphatic heterocycles. The lowest BCUT2D eigenvalue weighted by Gasteiger charge is -2.05. The Hall–Kier alpha value is -1.77. The fourth-order valence-electron chi connectivity index (χ4n) is 2.80. The number of thiophene rings is 1. The second-order valence-corrected chi connectivity index (χ2v) is 7.64. The van der Waals surface area contributed by atoms with Gasteiger partial charge in [0.05, 0.1) is 5.56 Å². The summed E-state index contributed by atoms with van der Waals surface area (Å²) < 4.78 is 5.58. The number of hydrogen-bond donors (Lipinski definition) is 2. The van der Waals surface area contributed by atoms with Gasteiger partial charge in [-0.2, -0.15) is 0 Å². The van der Waals surface area contributed by atoms with Crippen molar-refractivity contribution in [3.8, 4) is 0 Å². The van der Waals surface area contributed by atoms with E-state index in [1.54, 1.807) is 5.38 Å². The summed E-state index contributed by atoms with van der Waals surface area (Å²) in [7, 11) is 0. The monoisotopic (exact) mass is 366 g/mol. The molecule has 0 aromatic carbocycles. The highest BCUT2D eigenvalue weighted by molar-refractivity contribution is 7.17. The molecule has 1 fully saturated rings. The molecule has 3 rings (SSSR count). The van der Waals surface area contributed by atoms with E-state index in [-0.39, 0.29) is 17.6 Å². The summed E-state index contributed by atoms with van der Waals surface area (Å²) in [4.78, 5) is 29.2. The second-order valence-electron chi connectivity index (χ2n) is 5.53. The van der Waals surface area contributed by atoms with Crippen molar-refractivity contribution in [3.05, 3.63) is 32.1 Å². The van der Waals surface area contributed by atoms with Gasteiger partial charge < -0.3 is 15.2 Å². The van der Waals surface area contributed by atoms with E-state index in [0.717, 1.165) is 34.9 Å². The lowest BCUT2D eigenvalue weighted by atomic mass is 10.1. The van der Waals surface area contributed by atoms with Crippen molar-refractivity contribution < 1.29 is 19.4 Å². The van der Waals surface area contributed by atoms with Gasteiger partial charge in [-0.15, -0.1) is 22.7 Å². The van der Waals surface area contributed by atoms with E-state index in [9.17, 15) is 14.7 Å². The number of nitrogens with one attached hydrogen (secondary N) is 1. The third-order valence-electron chi connectivity index (χ3n) is 3.96. The van der Waals surface area contributed by atoms with Crippen LogP contribution >= 0.6 is 22.7 Å². The molecule has 0 bridgehead atoms. The summed E-state index contributed by atoms with van der Waals surface area (Å²) in [6.45, 7) is 4.49. The lowest BCUT2D eigenvalue weighted by Crippen LogP contribution is -2.14. The number of carbonyl (C=O) groups is 2. The SMILES string of the molecule is CCc1c(C)sc(NC(=O)c2csc(C3CCCO3)n2)c1C(=O)O. The van der Waals surface area contributed by atoms with E-state index in [4.69, 9.17) is 4.74 Å². The summed E-state index contributed by atoms with van der Waals surface area (Å²) in [5.74, 6) is -1.41. The van der Waals surface area contributed by atoms with Crippen LogP contribution in [0, 0.1) is 6.92 Å². The van der Waals surface area contributed by atoms with Gasteiger partial charge in [0.15, 0.2) is 0 Å². The third kappa shape index (κ3) is 3.22. The van der Waals surface area contributed by atoms with Gasteiger partial charge in [-0.3, -0.25) is 4.79 Å². The van der Waals surface area contributed by atoms with Crippen molar-refractivity contribution in [2.75, 3.05) is 11.9 Å². The van der Waals surface area contributed by atoms with Gasteiger partial charge in [-0.05, 0) is 31.7 Å². The molecule has 1 saturated heterocycles. The normalized spacial score (nSPS) is 17.2. The summed E-state index contributed by atoms with van der Waals surface area (Å²) in [5, 5.41) is 15.0. The molecule has 6 nitrogen and oxygen atoms in total. The number of rotatable bonds is 5. The number of aromatic nitrogens is 1. The van der Waals surface area contributed by atoms with E-state index in [0.29, 0.717) is 17.1 Å². The molecule has 128 valence electrons. The summed E-state index contributed by atoms with van der Waals surface area (Å²) in [5.41, 5.74) is 1.25. The number of carbonyl (C=O) groups excluding carboxylic acids is 1. The fraction of sp³-hybridized carbons (Fsp3) is 0.438. The fourth-order valence-corrected chi connectivity index (χ4v) is 4.81. The first-order valence-corrected chi connectivity index (χ1v) is 9.44. The van der Waals surface area contributed by atoms with Crippen molar-refractivity contribution >= 4 is 39.6 Å². The summed E-state index contributed by atoms with van der Waals surface area (Å²) >= 11 is 2.69. The van der Waals surface area contributed by atoms with Crippen molar-refractivity contribution in [2.24, 2.45) is 0 Å². The second kappa shape index (κ2) is 7.00. The maximum atomic E-state index is 12.4. The van der Waals surface area contributed by atoms with Crippen LogP contribution in [0.15, 0.2) is 5.38 Å². The molecule has 0 aliphatic carbocycles. The van der Waals surface area contributed by atoms with Crippen LogP contribution in [0.4, 0.5) is 5.00 Å². The predicted molar refractivity (Wildman–Crippen MR) is 93.4 cm³/mol. The molecule has 2 aromatic rings. The van der Waals surface area contributed by atoms with Crippen molar-refractivity contribution in [1.29, 1.82) is 0 Å². The minimum Gasteiger partial charge on any atom is -0.478 e. The molecule has 3 heterocycles. The standard InChI is InChI=1S/C16H18N2O4S2/c1-3-9-8(2)24-15(12(9)16(20)21)18-13(19)10-7-23-14(17-10)11-5-4-6-22-11/h7,11H,3-6H2,1-2H3,(H,18,19)(H,20,21). The van der Waals surface area contributed by atoms with Gasteiger partial charge in [0.2, 0.25) is 0 Å². The van der Waals surface area contributed by atoms with Crippen LogP contribution in [0.5, 0.6) is 0 Å². The molecular weight excluding hydrogens is 348 g/mol. The molecule has 24 heavy (non-hydrogen) atoms. The minimum absolute atomic E-state index is 0.0261. The molecule has 2 aromatic heterocycles. The van der Waals surface area contributed by atoms with E-state index < -0.39 is 5.97 Å². The molecule has 1 atom stereocenters. The number of amides is 1. The van der Waals surface area contributed by atoms with Crippen LogP contribution in [0.2, 0.25) is 0 Å². The maximum Gasteiger partial charge on any atom is 0.339 e. The largest absolute Gasteiger partial charge is 0.478 e. The zero-order chi connectivity index (χ0) is 17.3. The highest BCUT2D eigenvalue weighted by Gasteiger charge is 2.25. The van der Waals surface area contributed by atoms with Crippen molar-refractivity contribution in [1.82, 2.24) is 4.98 Å². The average Bonchev–Trinajstić information content (AvgIpc) is 3.25. The van der Waals surface area contributed by atoms with Gasteiger partial charge in [-0.1, -0.05) is 6.92 Å². The highest BCUT2D eigenvalue weighted by Crippen LogP contribution is 2.34. The number of thiazole rings is 1. The Kier molecular flexibility index (Phi) is 4.98. The third-order valence-corrected chi connectivity index (χ3v) is 5.96. The van der Waals surface area contributed by atoms with Crippen LogP contribution in [0.25, 0.3) is 0 Å². The lowest BCUT2D eigenvalue weighted by molar-refractivity contribution is 0.0697. The van der Waals surface area contributed by atoms with Crippen LogP contribution < -0.4 is 5.32 Å². The predicted octanol–water partition coefficient (Wildman–Crippen LogP) is 3.88. The van der Waals surface area contributed by atoms with Crippen LogP contribution in [-0.2, 0) is 11.2 Å². The molecule has 0 spiro atoms. The van der Waals surface area contributed by atoms with Crippen LogP contribution in [0.1, 0.15) is 62.2 Å². The number of anilines is 1. The Morgan fingerprint density at radius 1 is 1.50 bits per heavy atom. The summed E-state index contributed by atoms with van der Waals surface area (Å²) in [6.07, 6.45) is 2.51. The minimum atomic E-state index is -1.02. The molecular formula is C16H18N2O4S2. The van der Waals surface area contributed by atoms with Gasteiger partial charge in [-0.25, -0.2) is 9.78 Å². The van der Waals surface area contributed by atoms with Crippen LogP contribution in [-0.4, -0.2) is 28.6 Å². The van der Waals surface area contributed by atoms with E-state index in [1.807, 2.05) is 13.8 Å². The van der Waals surface area contributed by atoms with Gasteiger partial charge >= 0.3 is 5.97 Å². The first-order valence-electron chi connectivity index (χ1n) is 7.75. The van der Waals surface area contributed by atoms with Crippen molar-refractivity contribution in [3.63, 3.8) is 0 Å². The van der Waals surface area contributed by atoms with E-state index in [1.165, 1.54) is 22.7 Å². The van der Waals surface area contributed by atoms with Crippen LogP contribution in [0.3, 0.4) is 0 Å². The summed E-state index contributed by atoms with van der Waals surface area (Å²) in [6, 6.07) is 0. The number of carboxylic acid groups (broad SMARTS) is 1. The first-order chi connectivity index (χ1) is 11.5. The number of ether oxygens (including phenoxy) is 1.